The molecular formula is C10H7Cl2NO2. The van der Waals surface area contributed by atoms with Gasteiger partial charge in [0.1, 0.15) is 0 Å². The molecule has 1 aliphatic rings. The summed E-state index contributed by atoms with van der Waals surface area (Å²) in [6.45, 7) is 0. The van der Waals surface area contributed by atoms with E-state index < -0.39 is 0 Å². The lowest BCUT2D eigenvalue weighted by Crippen LogP contribution is -2.29. The number of rotatable bonds is 1. The zero-order valence-electron chi connectivity index (χ0n) is 7.67. The second-order valence-corrected chi connectivity index (χ2v) is 4.01. The summed E-state index contributed by atoms with van der Waals surface area (Å²) in [6, 6.07) is 4.86. The molecule has 0 N–H and O–H groups in total. The van der Waals surface area contributed by atoms with Crippen LogP contribution in [0.15, 0.2) is 18.2 Å². The molecule has 2 rings (SSSR count). The molecule has 1 aromatic rings. The van der Waals surface area contributed by atoms with Gasteiger partial charge in [0.05, 0.1) is 15.7 Å². The van der Waals surface area contributed by atoms with Gasteiger partial charge in [0.2, 0.25) is 11.8 Å². The van der Waals surface area contributed by atoms with E-state index in [2.05, 4.69) is 0 Å². The zero-order chi connectivity index (χ0) is 11.0. The van der Waals surface area contributed by atoms with Gasteiger partial charge in [-0.15, -0.1) is 0 Å². The summed E-state index contributed by atoms with van der Waals surface area (Å²) in [5.74, 6) is -0.509. The number of halogens is 2. The minimum Gasteiger partial charge on any atom is -0.274 e. The number of carbonyl (C=O) groups is 2. The van der Waals surface area contributed by atoms with Gasteiger partial charge in [-0.2, -0.15) is 0 Å². The molecule has 2 amide bonds. The molecule has 0 bridgehead atoms. The van der Waals surface area contributed by atoms with Crippen molar-refractivity contribution in [1.82, 2.24) is 0 Å². The van der Waals surface area contributed by atoms with Crippen molar-refractivity contribution in [3.05, 3.63) is 28.2 Å². The van der Waals surface area contributed by atoms with Gasteiger partial charge in [0.15, 0.2) is 0 Å². The first-order valence-electron chi connectivity index (χ1n) is 4.41. The van der Waals surface area contributed by atoms with Gasteiger partial charge in [-0.05, 0) is 12.1 Å². The first kappa shape index (κ1) is 10.5. The Labute approximate surface area is 96.6 Å². The lowest BCUT2D eigenvalue weighted by Gasteiger charge is -2.16. The number of amides is 2. The number of benzene rings is 1. The van der Waals surface area contributed by atoms with E-state index in [0.717, 1.165) is 4.90 Å². The molecule has 5 heteroatoms. The van der Waals surface area contributed by atoms with Crippen molar-refractivity contribution < 1.29 is 9.59 Å². The highest BCUT2D eigenvalue weighted by molar-refractivity contribution is 6.41. The van der Waals surface area contributed by atoms with Gasteiger partial charge in [0, 0.05) is 12.8 Å². The van der Waals surface area contributed by atoms with E-state index in [1.165, 1.54) is 0 Å². The fourth-order valence-electron chi connectivity index (χ4n) is 1.53. The van der Waals surface area contributed by atoms with Crippen molar-refractivity contribution >= 4 is 40.7 Å². The third-order valence-electron chi connectivity index (χ3n) is 2.21. The number of anilines is 1. The maximum Gasteiger partial charge on any atom is 0.234 e. The Morgan fingerprint density at radius 1 is 1.00 bits per heavy atom. The monoisotopic (exact) mass is 243 g/mol. The number of hydrogen-bond acceptors (Lipinski definition) is 2. The van der Waals surface area contributed by atoms with Gasteiger partial charge in [0.25, 0.3) is 0 Å². The predicted octanol–water partition coefficient (Wildman–Crippen LogP) is 2.65. The van der Waals surface area contributed by atoms with Crippen LogP contribution in [0.5, 0.6) is 0 Å². The summed E-state index contributed by atoms with van der Waals surface area (Å²) >= 11 is 11.8. The van der Waals surface area contributed by atoms with Gasteiger partial charge in [-0.1, -0.05) is 29.3 Å². The van der Waals surface area contributed by atoms with Crippen LogP contribution in [0, 0.1) is 0 Å². The molecule has 1 heterocycles. The Kier molecular flexibility index (Phi) is 2.67. The van der Waals surface area contributed by atoms with Gasteiger partial charge in [-0.3, -0.25) is 9.59 Å². The first-order valence-corrected chi connectivity index (χ1v) is 5.16. The highest BCUT2D eigenvalue weighted by Crippen LogP contribution is 2.36. The van der Waals surface area contributed by atoms with Crippen LogP contribution >= 0.6 is 23.2 Å². The molecule has 0 aliphatic carbocycles. The largest absolute Gasteiger partial charge is 0.274 e. The Morgan fingerprint density at radius 2 is 1.47 bits per heavy atom. The van der Waals surface area contributed by atoms with Gasteiger partial charge in [-0.25, -0.2) is 4.90 Å². The van der Waals surface area contributed by atoms with E-state index in [1.807, 2.05) is 0 Å². The molecule has 0 spiro atoms. The summed E-state index contributed by atoms with van der Waals surface area (Å²) in [4.78, 5) is 24.0. The lowest BCUT2D eigenvalue weighted by atomic mass is 10.3. The fourth-order valence-corrected chi connectivity index (χ4v) is 2.10. The number of nitrogens with zero attached hydrogens (tertiary/aromatic N) is 1. The number of imide groups is 1. The van der Waals surface area contributed by atoms with Crippen molar-refractivity contribution in [2.24, 2.45) is 0 Å². The summed E-state index contributed by atoms with van der Waals surface area (Å²) in [6.07, 6.45) is 0.445. The molecule has 1 fully saturated rings. The molecule has 0 atom stereocenters. The van der Waals surface area contributed by atoms with E-state index in [1.54, 1.807) is 18.2 Å². The maximum atomic E-state index is 11.5. The first-order chi connectivity index (χ1) is 7.11. The van der Waals surface area contributed by atoms with Crippen molar-refractivity contribution in [2.45, 2.75) is 12.8 Å². The van der Waals surface area contributed by atoms with Crippen molar-refractivity contribution in [3.8, 4) is 0 Å². The second kappa shape index (κ2) is 3.83. The van der Waals surface area contributed by atoms with Crippen LogP contribution in [-0.2, 0) is 9.59 Å². The third-order valence-corrected chi connectivity index (χ3v) is 2.82. The van der Waals surface area contributed by atoms with Crippen LogP contribution in [0.3, 0.4) is 0 Å². The predicted molar refractivity (Wildman–Crippen MR) is 58.2 cm³/mol. The highest BCUT2D eigenvalue weighted by atomic mass is 35.5. The normalized spacial score (nSPS) is 16.3. The lowest BCUT2D eigenvalue weighted by molar-refractivity contribution is -0.121. The van der Waals surface area contributed by atoms with E-state index in [0.29, 0.717) is 15.7 Å². The Balaban J connectivity index is 2.53. The van der Waals surface area contributed by atoms with Crippen LogP contribution in [0.4, 0.5) is 5.69 Å². The summed E-state index contributed by atoms with van der Waals surface area (Å²) in [5, 5.41) is 0.622. The Hall–Kier alpha value is -1.06. The van der Waals surface area contributed by atoms with Crippen LogP contribution in [0.25, 0.3) is 0 Å². The van der Waals surface area contributed by atoms with Gasteiger partial charge < -0.3 is 0 Å². The van der Waals surface area contributed by atoms with Gasteiger partial charge >= 0.3 is 0 Å². The minimum atomic E-state index is -0.255. The van der Waals surface area contributed by atoms with Crippen molar-refractivity contribution in [2.75, 3.05) is 4.90 Å². The standard InChI is InChI=1S/C10H7Cl2NO2/c11-6-2-1-3-7(12)10(6)13-8(14)4-5-9(13)15/h1-3H,4-5H2. The van der Waals surface area contributed by atoms with Crippen molar-refractivity contribution in [1.29, 1.82) is 0 Å². The molecule has 1 aliphatic heterocycles. The fraction of sp³-hybridized carbons (Fsp3) is 0.200. The number of carbonyl (C=O) groups excluding carboxylic acids is 2. The average molecular weight is 244 g/mol. The summed E-state index contributed by atoms with van der Waals surface area (Å²) < 4.78 is 0. The molecule has 0 saturated carbocycles. The van der Waals surface area contributed by atoms with E-state index in [-0.39, 0.29) is 24.7 Å². The van der Waals surface area contributed by atoms with Crippen molar-refractivity contribution in [3.63, 3.8) is 0 Å². The van der Waals surface area contributed by atoms with Crippen LogP contribution in [-0.4, -0.2) is 11.8 Å². The average Bonchev–Trinajstić information content (AvgIpc) is 2.49. The van der Waals surface area contributed by atoms with Crippen LogP contribution in [0.1, 0.15) is 12.8 Å². The molecule has 0 radical (unpaired) electrons. The quantitative estimate of drug-likeness (QED) is 0.712. The third kappa shape index (κ3) is 1.73. The molecule has 0 unspecified atom stereocenters. The molecule has 1 saturated heterocycles. The topological polar surface area (TPSA) is 37.4 Å². The molecule has 1 aromatic carbocycles. The zero-order valence-corrected chi connectivity index (χ0v) is 9.18. The SMILES string of the molecule is O=C1CCC(=O)N1c1c(Cl)cccc1Cl. The van der Waals surface area contributed by atoms with E-state index in [9.17, 15) is 9.59 Å². The molecule has 0 aromatic heterocycles. The molecule has 3 nitrogen and oxygen atoms in total. The Bertz CT molecular complexity index is 409. The second-order valence-electron chi connectivity index (χ2n) is 3.19. The number of hydrogen-bond donors (Lipinski definition) is 0. The molecule has 15 heavy (non-hydrogen) atoms. The summed E-state index contributed by atoms with van der Waals surface area (Å²) in [7, 11) is 0. The van der Waals surface area contributed by atoms with Crippen LogP contribution < -0.4 is 4.90 Å². The smallest absolute Gasteiger partial charge is 0.234 e. The Morgan fingerprint density at radius 3 is 1.93 bits per heavy atom. The molecule has 78 valence electrons. The summed E-state index contributed by atoms with van der Waals surface area (Å²) in [5.41, 5.74) is 0.299. The van der Waals surface area contributed by atoms with E-state index >= 15 is 0 Å². The maximum absolute atomic E-state index is 11.5. The van der Waals surface area contributed by atoms with E-state index in [4.69, 9.17) is 23.2 Å². The van der Waals surface area contributed by atoms with Crippen LogP contribution in [0.2, 0.25) is 10.0 Å². The highest BCUT2D eigenvalue weighted by Gasteiger charge is 2.32. The number of para-hydroxylation sites is 1. The minimum absolute atomic E-state index is 0.223. The molecular weight excluding hydrogens is 237 g/mol.